The second kappa shape index (κ2) is 11.7. The molecule has 1 aromatic heterocycles. The van der Waals surface area contributed by atoms with Crippen LogP contribution in [0.25, 0.3) is 0 Å². The van der Waals surface area contributed by atoms with Crippen molar-refractivity contribution in [3.63, 3.8) is 0 Å². The van der Waals surface area contributed by atoms with Gasteiger partial charge in [0.25, 0.3) is 0 Å². The molecule has 9 heteroatoms. The maximum atomic E-state index is 13.0. The van der Waals surface area contributed by atoms with Crippen molar-refractivity contribution in [3.8, 4) is 11.5 Å². The third-order valence-corrected chi connectivity index (χ3v) is 6.26. The van der Waals surface area contributed by atoms with Crippen LogP contribution in [0.2, 0.25) is 0 Å². The number of methoxy groups -OCH3 is 1. The fraction of sp³-hybridized carbons (Fsp3) is 0.370. The minimum Gasteiger partial charge on any atom is -0.493 e. The molecule has 0 radical (unpaired) electrons. The van der Waals surface area contributed by atoms with Crippen LogP contribution in [-0.4, -0.2) is 53.6 Å². The molecule has 1 unspecified atom stereocenters. The zero-order chi connectivity index (χ0) is 24.0. The van der Waals surface area contributed by atoms with Gasteiger partial charge < -0.3 is 25.4 Å². The Balaban J connectivity index is 0.00000304. The van der Waals surface area contributed by atoms with Crippen LogP contribution in [-0.2, 0) is 11.3 Å². The number of nitrogens with one attached hydrogen (secondary N) is 3. The van der Waals surface area contributed by atoms with Gasteiger partial charge >= 0.3 is 0 Å². The number of nitrogens with zero attached hydrogens (tertiary/aromatic N) is 3. The van der Waals surface area contributed by atoms with Gasteiger partial charge in [0.2, 0.25) is 5.91 Å². The zero-order valence-corrected chi connectivity index (χ0v) is 19.8. The summed E-state index contributed by atoms with van der Waals surface area (Å²) in [7, 11) is 1.60. The van der Waals surface area contributed by atoms with Crippen molar-refractivity contribution < 1.29 is 14.3 Å². The normalized spacial score (nSPS) is 18.2. The van der Waals surface area contributed by atoms with E-state index in [-0.39, 0.29) is 19.4 Å². The second-order valence-electron chi connectivity index (χ2n) is 8.73. The van der Waals surface area contributed by atoms with Crippen LogP contribution in [0.5, 0.6) is 11.5 Å². The molecule has 3 heterocycles. The van der Waals surface area contributed by atoms with Gasteiger partial charge in [0, 0.05) is 30.1 Å². The van der Waals surface area contributed by atoms with Gasteiger partial charge in [-0.1, -0.05) is 26.0 Å². The highest BCUT2D eigenvalue weighted by Gasteiger charge is 2.28. The summed E-state index contributed by atoms with van der Waals surface area (Å²) in [5.74, 6) is 2.59. The Morgan fingerprint density at radius 1 is 1.03 bits per heavy atom. The summed E-state index contributed by atoms with van der Waals surface area (Å²) >= 11 is 0. The molecular weight excluding hydrogens is 456 g/mol. The Morgan fingerprint density at radius 2 is 1.83 bits per heavy atom. The number of ether oxygens (including phenoxy) is 2. The predicted molar refractivity (Wildman–Crippen MR) is 141 cm³/mol. The number of fused-ring (bicyclic) bond motifs is 7. The van der Waals surface area contributed by atoms with Gasteiger partial charge in [0.05, 0.1) is 19.7 Å². The quantitative estimate of drug-likeness (QED) is 0.459. The Kier molecular flexibility index (Phi) is 8.22. The summed E-state index contributed by atoms with van der Waals surface area (Å²) < 4.78 is 11.4. The van der Waals surface area contributed by atoms with Crippen molar-refractivity contribution in [2.45, 2.75) is 39.3 Å². The van der Waals surface area contributed by atoms with Crippen LogP contribution in [0.15, 0.2) is 54.9 Å². The molecule has 6 bridgehead atoms. The van der Waals surface area contributed by atoms with E-state index in [0.29, 0.717) is 42.8 Å². The molecule has 1 atom stereocenters. The molecule has 36 heavy (non-hydrogen) atoms. The van der Waals surface area contributed by atoms with Gasteiger partial charge in [-0.15, -0.1) is 0 Å². The van der Waals surface area contributed by atoms with Crippen LogP contribution < -0.4 is 25.4 Å². The molecule has 2 aromatic carbocycles. The smallest absolute Gasteiger partial charge is 0.237 e. The summed E-state index contributed by atoms with van der Waals surface area (Å²) in [6, 6.07) is 15.5. The van der Waals surface area contributed by atoms with E-state index in [0.717, 1.165) is 42.7 Å². The van der Waals surface area contributed by atoms with Crippen molar-refractivity contribution in [2.75, 3.05) is 37.4 Å². The molecule has 0 saturated carbocycles. The molecule has 2 aliphatic rings. The van der Waals surface area contributed by atoms with Crippen molar-refractivity contribution >= 4 is 28.9 Å². The van der Waals surface area contributed by atoms with E-state index < -0.39 is 0 Å². The van der Waals surface area contributed by atoms with Crippen molar-refractivity contribution in [3.05, 3.63) is 60.4 Å². The number of piperidine rings is 1. The summed E-state index contributed by atoms with van der Waals surface area (Å²) in [5, 5.41) is 9.72. The highest BCUT2D eigenvalue weighted by atomic mass is 16.5. The number of carbonyl (C=O) groups is 1. The Morgan fingerprint density at radius 3 is 2.64 bits per heavy atom. The minimum atomic E-state index is -0.145. The molecule has 0 aliphatic carbocycles. The number of hydrogen-bond donors (Lipinski definition) is 3. The van der Waals surface area contributed by atoms with E-state index in [4.69, 9.17) is 9.47 Å². The molecule has 3 N–H and O–H groups in total. The Labute approximate surface area is 212 Å². The van der Waals surface area contributed by atoms with E-state index >= 15 is 0 Å². The van der Waals surface area contributed by atoms with Gasteiger partial charge in [-0.2, -0.15) is 0 Å². The molecular formula is C27H34N6O3. The van der Waals surface area contributed by atoms with E-state index in [1.165, 1.54) is 6.33 Å². The molecule has 1 saturated heterocycles. The number of aromatic nitrogens is 2. The van der Waals surface area contributed by atoms with Crippen LogP contribution in [0.1, 0.15) is 32.3 Å². The summed E-state index contributed by atoms with van der Waals surface area (Å²) in [5.41, 5.74) is 2.88. The molecule has 5 rings (SSSR count). The largest absolute Gasteiger partial charge is 0.493 e. The summed E-state index contributed by atoms with van der Waals surface area (Å²) in [6.07, 6.45) is 4.53. The first-order chi connectivity index (χ1) is 17.2. The maximum Gasteiger partial charge on any atom is 0.237 e. The summed E-state index contributed by atoms with van der Waals surface area (Å²) in [4.78, 5) is 24.0. The second-order valence-corrected chi connectivity index (χ2v) is 8.73. The average Bonchev–Trinajstić information content (AvgIpc) is 2.87. The standard InChI is InChI=1S/C26H30N6O3.CH4/c1-34-22-9-8-20-14-23(22)35-12-10-27-26(33)21-7-2-3-11-32(21)16-18-5-4-6-19(13-18)30-24-15-25(31-20)29-17-28-24;/h4-6,8-9,13-15,17,21H,2-3,7,10-12,16H2,1H3,(H,27,33)(H2,28,29,30,31);1H4. The number of carbonyl (C=O) groups excluding carboxylic acids is 1. The van der Waals surface area contributed by atoms with Crippen LogP contribution in [0.4, 0.5) is 23.0 Å². The first kappa shape index (κ1) is 25.2. The number of hydrogen-bond acceptors (Lipinski definition) is 8. The molecule has 0 spiro atoms. The SMILES string of the molecule is C.COc1ccc2cc1OCCNC(=O)C1CCCCN1Cc1cccc(c1)Nc1cc(ncn1)N2. The monoisotopic (exact) mass is 490 g/mol. The van der Waals surface area contributed by atoms with Gasteiger partial charge in [0.15, 0.2) is 11.5 Å². The first-order valence-electron chi connectivity index (χ1n) is 12.0. The molecule has 2 aliphatic heterocycles. The van der Waals surface area contributed by atoms with Gasteiger partial charge in [-0.25, -0.2) is 9.97 Å². The highest BCUT2D eigenvalue weighted by Crippen LogP contribution is 2.31. The highest BCUT2D eigenvalue weighted by molar-refractivity contribution is 5.81. The van der Waals surface area contributed by atoms with Crippen molar-refractivity contribution in [1.82, 2.24) is 20.2 Å². The van der Waals surface area contributed by atoms with E-state index in [1.807, 2.05) is 36.4 Å². The van der Waals surface area contributed by atoms with Gasteiger partial charge in [-0.3, -0.25) is 9.69 Å². The van der Waals surface area contributed by atoms with E-state index in [1.54, 1.807) is 7.11 Å². The number of amides is 1. The van der Waals surface area contributed by atoms with Crippen LogP contribution in [0.3, 0.4) is 0 Å². The minimum absolute atomic E-state index is 0. The lowest BCUT2D eigenvalue weighted by Gasteiger charge is -2.34. The first-order valence-corrected chi connectivity index (χ1v) is 12.0. The van der Waals surface area contributed by atoms with E-state index in [9.17, 15) is 4.79 Å². The van der Waals surface area contributed by atoms with Crippen molar-refractivity contribution in [2.24, 2.45) is 0 Å². The Bertz CT molecular complexity index is 1190. The third kappa shape index (κ3) is 6.04. The van der Waals surface area contributed by atoms with Gasteiger partial charge in [-0.05, 0) is 49.2 Å². The molecule has 1 amide bonds. The molecule has 190 valence electrons. The predicted octanol–water partition coefficient (Wildman–Crippen LogP) is 4.47. The fourth-order valence-corrected chi connectivity index (χ4v) is 4.57. The fourth-order valence-electron chi connectivity index (χ4n) is 4.57. The third-order valence-electron chi connectivity index (χ3n) is 6.26. The van der Waals surface area contributed by atoms with E-state index in [2.05, 4.69) is 43.0 Å². The average molecular weight is 491 g/mol. The lowest BCUT2D eigenvalue weighted by Crippen LogP contribution is -2.49. The molecule has 3 aromatic rings. The Hall–Kier alpha value is -3.85. The molecule has 1 fully saturated rings. The van der Waals surface area contributed by atoms with Crippen LogP contribution in [0, 0.1) is 0 Å². The number of rotatable bonds is 1. The zero-order valence-electron chi connectivity index (χ0n) is 19.8. The van der Waals surface area contributed by atoms with Crippen molar-refractivity contribution in [1.29, 1.82) is 0 Å². The lowest BCUT2D eigenvalue weighted by atomic mass is 10.00. The number of benzene rings is 2. The summed E-state index contributed by atoms with van der Waals surface area (Å²) in [6.45, 7) is 2.36. The van der Waals surface area contributed by atoms with Crippen LogP contribution >= 0.6 is 0 Å². The number of anilines is 4. The topological polar surface area (TPSA) is 101 Å². The van der Waals surface area contributed by atoms with Gasteiger partial charge in [0.1, 0.15) is 24.6 Å². The maximum absolute atomic E-state index is 13.0. The molecule has 9 nitrogen and oxygen atoms in total. The lowest BCUT2D eigenvalue weighted by molar-refractivity contribution is -0.128.